The SMILES string of the molecule is O=C(CCC1CCCN(C(=O)CCN2CCCO2)C1)NCc1ccccc1Cl. The van der Waals surface area contributed by atoms with E-state index in [9.17, 15) is 9.59 Å². The lowest BCUT2D eigenvalue weighted by molar-refractivity contribution is -0.140. The number of rotatable bonds is 8. The second-order valence-corrected chi connectivity index (χ2v) is 8.03. The van der Waals surface area contributed by atoms with Gasteiger partial charge < -0.3 is 10.2 Å². The number of hydrogen-bond donors (Lipinski definition) is 1. The van der Waals surface area contributed by atoms with Gasteiger partial charge in [-0.05, 0) is 43.2 Å². The summed E-state index contributed by atoms with van der Waals surface area (Å²) in [5.74, 6) is 0.629. The lowest BCUT2D eigenvalue weighted by atomic mass is 9.93. The summed E-state index contributed by atoms with van der Waals surface area (Å²) in [5.41, 5.74) is 0.925. The molecule has 1 aromatic carbocycles. The van der Waals surface area contributed by atoms with Crippen LogP contribution in [-0.4, -0.2) is 54.6 Å². The number of nitrogens with zero attached hydrogens (tertiary/aromatic N) is 2. The highest BCUT2D eigenvalue weighted by atomic mass is 35.5. The standard InChI is InChI=1S/C21H30ClN3O3/c22-19-7-2-1-6-18(19)15-23-20(26)9-8-17-5-3-11-24(16-17)21(27)10-13-25-12-4-14-28-25/h1-2,6-7,17H,3-5,8-16H2,(H,23,26). The molecule has 0 aliphatic carbocycles. The third kappa shape index (κ3) is 6.47. The highest BCUT2D eigenvalue weighted by Gasteiger charge is 2.24. The van der Waals surface area contributed by atoms with E-state index < -0.39 is 0 Å². The second kappa shape index (κ2) is 10.8. The minimum atomic E-state index is 0.0366. The number of benzene rings is 1. The Hall–Kier alpha value is -1.63. The summed E-state index contributed by atoms with van der Waals surface area (Å²) in [6.07, 6.45) is 4.93. The Labute approximate surface area is 172 Å². The van der Waals surface area contributed by atoms with Crippen molar-refractivity contribution in [3.8, 4) is 0 Å². The van der Waals surface area contributed by atoms with Gasteiger partial charge in [-0.3, -0.25) is 14.4 Å². The molecule has 2 aliphatic rings. The fourth-order valence-corrected chi connectivity index (χ4v) is 4.04. The molecule has 2 saturated heterocycles. The van der Waals surface area contributed by atoms with Crippen LogP contribution in [-0.2, 0) is 21.0 Å². The number of amides is 2. The molecule has 2 fully saturated rings. The zero-order valence-electron chi connectivity index (χ0n) is 16.4. The number of carbonyl (C=O) groups is 2. The third-order valence-electron chi connectivity index (χ3n) is 5.49. The summed E-state index contributed by atoms with van der Waals surface area (Å²) in [4.78, 5) is 32.1. The molecule has 28 heavy (non-hydrogen) atoms. The summed E-state index contributed by atoms with van der Waals surface area (Å²) in [6, 6.07) is 7.53. The van der Waals surface area contributed by atoms with E-state index in [2.05, 4.69) is 5.32 Å². The van der Waals surface area contributed by atoms with Crippen molar-refractivity contribution in [1.82, 2.24) is 15.3 Å². The molecule has 0 bridgehead atoms. The van der Waals surface area contributed by atoms with Crippen molar-refractivity contribution in [2.24, 2.45) is 5.92 Å². The van der Waals surface area contributed by atoms with E-state index in [1.54, 1.807) is 0 Å². The minimum absolute atomic E-state index is 0.0366. The third-order valence-corrected chi connectivity index (χ3v) is 5.85. The van der Waals surface area contributed by atoms with Crippen molar-refractivity contribution < 1.29 is 14.4 Å². The smallest absolute Gasteiger partial charge is 0.223 e. The monoisotopic (exact) mass is 407 g/mol. The van der Waals surface area contributed by atoms with Gasteiger partial charge in [0.05, 0.1) is 6.61 Å². The van der Waals surface area contributed by atoms with Crippen molar-refractivity contribution in [1.29, 1.82) is 0 Å². The Morgan fingerprint density at radius 3 is 2.82 bits per heavy atom. The van der Waals surface area contributed by atoms with Gasteiger partial charge in [0.2, 0.25) is 11.8 Å². The van der Waals surface area contributed by atoms with Gasteiger partial charge >= 0.3 is 0 Å². The van der Waals surface area contributed by atoms with E-state index in [1.807, 2.05) is 34.2 Å². The highest BCUT2D eigenvalue weighted by molar-refractivity contribution is 6.31. The van der Waals surface area contributed by atoms with E-state index >= 15 is 0 Å². The average Bonchev–Trinajstić information content (AvgIpc) is 3.24. The molecule has 6 nitrogen and oxygen atoms in total. The number of nitrogens with one attached hydrogen (secondary N) is 1. The minimum Gasteiger partial charge on any atom is -0.352 e. The summed E-state index contributed by atoms with van der Waals surface area (Å²) in [6.45, 7) is 4.39. The van der Waals surface area contributed by atoms with Crippen LogP contribution in [0, 0.1) is 5.92 Å². The zero-order chi connectivity index (χ0) is 19.8. The number of likely N-dealkylation sites (tertiary alicyclic amines) is 1. The molecule has 1 atom stereocenters. The maximum absolute atomic E-state index is 12.5. The molecule has 2 aliphatic heterocycles. The first kappa shape index (κ1) is 21.1. The van der Waals surface area contributed by atoms with Crippen LogP contribution in [0.3, 0.4) is 0 Å². The molecule has 7 heteroatoms. The molecule has 0 aromatic heterocycles. The number of hydrogen-bond acceptors (Lipinski definition) is 4. The molecule has 0 radical (unpaired) electrons. The van der Waals surface area contributed by atoms with E-state index in [4.69, 9.17) is 16.4 Å². The number of carbonyl (C=O) groups excluding carboxylic acids is 2. The van der Waals surface area contributed by atoms with Gasteiger partial charge in [0.1, 0.15) is 0 Å². The van der Waals surface area contributed by atoms with Crippen LogP contribution >= 0.6 is 11.6 Å². The van der Waals surface area contributed by atoms with Crippen LogP contribution in [0.25, 0.3) is 0 Å². The fraction of sp³-hybridized carbons (Fsp3) is 0.619. The van der Waals surface area contributed by atoms with Gasteiger partial charge in [0.15, 0.2) is 0 Å². The molecule has 2 heterocycles. The van der Waals surface area contributed by atoms with Crippen molar-refractivity contribution in [2.75, 3.05) is 32.8 Å². The second-order valence-electron chi connectivity index (χ2n) is 7.62. The molecule has 0 saturated carbocycles. The molecule has 154 valence electrons. The Morgan fingerprint density at radius 2 is 2.04 bits per heavy atom. The van der Waals surface area contributed by atoms with Crippen LogP contribution in [0.4, 0.5) is 0 Å². The van der Waals surface area contributed by atoms with Crippen LogP contribution in [0.5, 0.6) is 0 Å². The zero-order valence-corrected chi connectivity index (χ0v) is 17.1. The number of hydroxylamine groups is 2. The lowest BCUT2D eigenvalue weighted by Gasteiger charge is -2.33. The van der Waals surface area contributed by atoms with Crippen LogP contribution in [0.1, 0.15) is 44.1 Å². The van der Waals surface area contributed by atoms with Crippen LogP contribution in [0.2, 0.25) is 5.02 Å². The Kier molecular flexibility index (Phi) is 8.13. The normalized spacial score (nSPS) is 20.3. The predicted molar refractivity (Wildman–Crippen MR) is 109 cm³/mol. The molecule has 0 spiro atoms. The van der Waals surface area contributed by atoms with Crippen molar-refractivity contribution in [3.05, 3.63) is 34.9 Å². The molecule has 1 N–H and O–H groups in total. The molecule has 1 unspecified atom stereocenters. The quantitative estimate of drug-likeness (QED) is 0.719. The van der Waals surface area contributed by atoms with E-state index in [-0.39, 0.29) is 11.8 Å². The van der Waals surface area contributed by atoms with Gasteiger partial charge in [0.25, 0.3) is 0 Å². The molecule has 1 aromatic rings. The van der Waals surface area contributed by atoms with Crippen LogP contribution < -0.4 is 5.32 Å². The average molecular weight is 408 g/mol. The Morgan fingerprint density at radius 1 is 1.18 bits per heavy atom. The summed E-state index contributed by atoms with van der Waals surface area (Å²) >= 11 is 6.12. The topological polar surface area (TPSA) is 61.9 Å². The first-order chi connectivity index (χ1) is 13.6. The molecule has 2 amide bonds. The van der Waals surface area contributed by atoms with Gasteiger partial charge in [-0.2, -0.15) is 5.06 Å². The summed E-state index contributed by atoms with van der Waals surface area (Å²) in [5, 5.41) is 5.50. The largest absolute Gasteiger partial charge is 0.352 e. The molecule has 3 rings (SSSR count). The Balaban J connectivity index is 1.35. The van der Waals surface area contributed by atoms with E-state index in [1.165, 1.54) is 0 Å². The first-order valence-corrected chi connectivity index (χ1v) is 10.7. The van der Waals surface area contributed by atoms with Crippen molar-refractivity contribution in [3.63, 3.8) is 0 Å². The van der Waals surface area contributed by atoms with Gasteiger partial charge in [-0.15, -0.1) is 0 Å². The lowest BCUT2D eigenvalue weighted by Crippen LogP contribution is -2.41. The van der Waals surface area contributed by atoms with Gasteiger partial charge in [0, 0.05) is 50.6 Å². The number of halogens is 1. The molecular weight excluding hydrogens is 378 g/mol. The molecular formula is C21H30ClN3O3. The van der Waals surface area contributed by atoms with Crippen molar-refractivity contribution >= 4 is 23.4 Å². The van der Waals surface area contributed by atoms with Crippen LogP contribution in [0.15, 0.2) is 24.3 Å². The van der Waals surface area contributed by atoms with Crippen molar-refractivity contribution in [2.45, 2.75) is 45.1 Å². The summed E-state index contributed by atoms with van der Waals surface area (Å²) < 4.78 is 0. The number of piperidine rings is 1. The van der Waals surface area contributed by atoms with E-state index in [0.29, 0.717) is 36.9 Å². The predicted octanol–water partition coefficient (Wildman–Crippen LogP) is 3.00. The highest BCUT2D eigenvalue weighted by Crippen LogP contribution is 2.22. The van der Waals surface area contributed by atoms with Gasteiger partial charge in [-0.25, -0.2) is 0 Å². The maximum atomic E-state index is 12.5. The Bertz CT molecular complexity index is 664. The van der Waals surface area contributed by atoms with E-state index in [0.717, 1.165) is 57.5 Å². The van der Waals surface area contributed by atoms with Gasteiger partial charge in [-0.1, -0.05) is 29.8 Å². The fourth-order valence-electron chi connectivity index (χ4n) is 3.84. The first-order valence-electron chi connectivity index (χ1n) is 10.3. The maximum Gasteiger partial charge on any atom is 0.223 e. The summed E-state index contributed by atoms with van der Waals surface area (Å²) in [7, 11) is 0.